The molecule has 0 saturated heterocycles. The summed E-state index contributed by atoms with van der Waals surface area (Å²) in [6, 6.07) is 10.9. The van der Waals surface area contributed by atoms with Gasteiger partial charge in [-0.3, -0.25) is 25.3 Å². The third-order valence-corrected chi connectivity index (χ3v) is 5.37. The Hall–Kier alpha value is -5.14. The van der Waals surface area contributed by atoms with E-state index in [4.69, 9.17) is 9.47 Å². The Morgan fingerprint density at radius 1 is 1.00 bits per heavy atom. The molecule has 14 heteroatoms. The fraction of sp³-hybridized carbons (Fsp3) is 0.182. The number of azo groups is 1. The van der Waals surface area contributed by atoms with Crippen LogP contribution in [0.5, 0.6) is 11.5 Å². The highest BCUT2D eigenvalue weighted by molar-refractivity contribution is 5.93. The van der Waals surface area contributed by atoms with Crippen LogP contribution in [0.3, 0.4) is 0 Å². The number of aromatic amines is 1. The molecule has 1 aromatic heterocycles. The number of aromatic nitrogens is 3. The molecule has 0 unspecified atom stereocenters. The van der Waals surface area contributed by atoms with Crippen LogP contribution in [0.4, 0.5) is 28.4 Å². The summed E-state index contributed by atoms with van der Waals surface area (Å²) in [5.74, 6) is 1.25. The lowest BCUT2D eigenvalue weighted by Crippen LogP contribution is -2.01. The largest absolute Gasteiger partial charge is 0.497 e. The van der Waals surface area contributed by atoms with Crippen molar-refractivity contribution < 1.29 is 19.3 Å². The quantitative estimate of drug-likeness (QED) is 0.182. The molecule has 2 N–H and O–H groups in total. The number of nitrogens with zero attached hydrogens (tertiary/aromatic N) is 6. The maximum Gasteiger partial charge on any atom is 0.281 e. The predicted octanol–water partition coefficient (Wildman–Crippen LogP) is 5.13. The first-order valence-corrected chi connectivity index (χ1v) is 10.5. The van der Waals surface area contributed by atoms with Gasteiger partial charge in [-0.1, -0.05) is 5.21 Å². The average molecular weight is 492 g/mol. The second-order valence-corrected chi connectivity index (χ2v) is 7.57. The molecule has 1 heterocycles. The van der Waals surface area contributed by atoms with Gasteiger partial charge in [0, 0.05) is 18.7 Å². The third kappa shape index (κ3) is 4.86. The predicted molar refractivity (Wildman–Crippen MR) is 129 cm³/mol. The van der Waals surface area contributed by atoms with Gasteiger partial charge in [0.25, 0.3) is 11.4 Å². The zero-order chi connectivity index (χ0) is 25.8. The van der Waals surface area contributed by atoms with Crippen molar-refractivity contribution in [3.8, 4) is 11.5 Å². The number of nitro benzene ring substituents is 2. The number of anilines is 1. The van der Waals surface area contributed by atoms with Gasteiger partial charge in [-0.25, -0.2) is 0 Å². The summed E-state index contributed by atoms with van der Waals surface area (Å²) in [5, 5.41) is 44.9. The number of H-pyrrole nitrogens is 1. The molecule has 0 fully saturated rings. The van der Waals surface area contributed by atoms with E-state index in [1.54, 1.807) is 32.4 Å². The van der Waals surface area contributed by atoms with Crippen LogP contribution >= 0.6 is 0 Å². The molecule has 4 aromatic rings. The van der Waals surface area contributed by atoms with Gasteiger partial charge in [0.05, 0.1) is 41.4 Å². The second kappa shape index (κ2) is 10.0. The summed E-state index contributed by atoms with van der Waals surface area (Å²) in [4.78, 5) is 21.3. The van der Waals surface area contributed by atoms with Gasteiger partial charge in [-0.15, -0.1) is 15.3 Å². The molecule has 0 amide bonds. The van der Waals surface area contributed by atoms with Crippen LogP contribution in [0.1, 0.15) is 11.1 Å². The van der Waals surface area contributed by atoms with Crippen molar-refractivity contribution in [3.63, 3.8) is 0 Å². The minimum atomic E-state index is -0.722. The van der Waals surface area contributed by atoms with Crippen molar-refractivity contribution >= 4 is 39.5 Å². The number of benzene rings is 3. The molecule has 0 radical (unpaired) electrons. The van der Waals surface area contributed by atoms with Crippen molar-refractivity contribution in [1.82, 2.24) is 15.4 Å². The standard InChI is InChI=1S/C22H20N8O6/c1-12-19(8-14(29(31)32)9-20(12)30(33)34)24-26-21-17(4-5-18-22(21)27-28-25-18)23-11-13-6-15(35-2)10-16(7-13)36-3/h4-10,23H,11H2,1-3H3,(H,25,27,28)/b26-24+. The van der Waals surface area contributed by atoms with Gasteiger partial charge in [-0.05, 0) is 36.8 Å². The molecule has 0 aliphatic carbocycles. The van der Waals surface area contributed by atoms with Crippen LogP contribution in [-0.4, -0.2) is 39.5 Å². The molecule has 3 aromatic carbocycles. The van der Waals surface area contributed by atoms with Gasteiger partial charge in [0.2, 0.25) is 0 Å². The summed E-state index contributed by atoms with van der Waals surface area (Å²) in [6.45, 7) is 1.81. The number of non-ortho nitro benzene ring substituents is 1. The summed E-state index contributed by atoms with van der Waals surface area (Å²) in [6.07, 6.45) is 0. The van der Waals surface area contributed by atoms with Crippen LogP contribution in [0.15, 0.2) is 52.7 Å². The SMILES string of the molecule is COc1cc(CNc2ccc3nn[nH]c3c2/N=N/c2cc([N+](=O)[O-])cc([N+](=O)[O-])c2C)cc(OC)c1. The molecule has 0 saturated carbocycles. The average Bonchev–Trinajstić information content (AvgIpc) is 3.35. The molecule has 4 rings (SSSR count). The number of methoxy groups -OCH3 is 2. The fourth-order valence-electron chi connectivity index (χ4n) is 3.49. The Balaban J connectivity index is 1.73. The minimum Gasteiger partial charge on any atom is -0.497 e. The first-order chi connectivity index (χ1) is 17.3. The number of rotatable bonds is 9. The van der Waals surface area contributed by atoms with Gasteiger partial charge >= 0.3 is 0 Å². The molecule has 0 aliphatic rings. The van der Waals surface area contributed by atoms with Gasteiger partial charge in [0.15, 0.2) is 0 Å². The first-order valence-electron chi connectivity index (χ1n) is 10.5. The van der Waals surface area contributed by atoms with Gasteiger partial charge in [-0.2, -0.15) is 0 Å². The Kier molecular flexibility index (Phi) is 6.67. The molecule has 0 aliphatic heterocycles. The number of fused-ring (bicyclic) bond motifs is 1. The maximum absolute atomic E-state index is 11.4. The molecule has 0 atom stereocenters. The smallest absolute Gasteiger partial charge is 0.281 e. The van der Waals surface area contributed by atoms with E-state index in [1.165, 1.54) is 6.92 Å². The topological polar surface area (TPSA) is 183 Å². The Morgan fingerprint density at radius 2 is 1.72 bits per heavy atom. The van der Waals surface area contributed by atoms with E-state index in [9.17, 15) is 20.2 Å². The highest BCUT2D eigenvalue weighted by Gasteiger charge is 2.22. The highest BCUT2D eigenvalue weighted by atomic mass is 16.6. The monoisotopic (exact) mass is 492 g/mol. The number of ether oxygens (including phenoxy) is 2. The number of nitrogens with one attached hydrogen (secondary N) is 2. The fourth-order valence-corrected chi connectivity index (χ4v) is 3.49. The summed E-state index contributed by atoms with van der Waals surface area (Å²) in [5.41, 5.74) is 1.95. The normalized spacial score (nSPS) is 11.1. The van der Waals surface area contributed by atoms with Crippen molar-refractivity contribution in [1.29, 1.82) is 0 Å². The lowest BCUT2D eigenvalue weighted by molar-refractivity contribution is -0.394. The summed E-state index contributed by atoms with van der Waals surface area (Å²) in [7, 11) is 3.12. The van der Waals surface area contributed by atoms with Crippen LogP contribution in [-0.2, 0) is 6.54 Å². The van der Waals surface area contributed by atoms with E-state index < -0.39 is 21.2 Å². The van der Waals surface area contributed by atoms with Crippen molar-refractivity contribution in [2.75, 3.05) is 19.5 Å². The number of hydrogen-bond donors (Lipinski definition) is 2. The molecule has 0 bridgehead atoms. The summed E-state index contributed by atoms with van der Waals surface area (Å²) >= 11 is 0. The van der Waals surface area contributed by atoms with E-state index in [-0.39, 0.29) is 11.3 Å². The Labute approximate surface area is 203 Å². The lowest BCUT2D eigenvalue weighted by atomic mass is 10.1. The van der Waals surface area contributed by atoms with E-state index >= 15 is 0 Å². The summed E-state index contributed by atoms with van der Waals surface area (Å²) < 4.78 is 10.6. The highest BCUT2D eigenvalue weighted by Crippen LogP contribution is 2.37. The third-order valence-electron chi connectivity index (χ3n) is 5.37. The number of nitro groups is 2. The Bertz CT molecular complexity index is 1480. The van der Waals surface area contributed by atoms with Crippen LogP contribution < -0.4 is 14.8 Å². The molecular formula is C22H20N8O6. The Morgan fingerprint density at radius 3 is 2.36 bits per heavy atom. The molecule has 0 spiro atoms. The van der Waals surface area contributed by atoms with Crippen LogP contribution in [0.2, 0.25) is 0 Å². The van der Waals surface area contributed by atoms with Crippen LogP contribution in [0, 0.1) is 27.2 Å². The minimum absolute atomic E-state index is 0.0103. The maximum atomic E-state index is 11.4. The molecular weight excluding hydrogens is 472 g/mol. The van der Waals surface area contributed by atoms with E-state index in [2.05, 4.69) is 31.0 Å². The molecule has 36 heavy (non-hydrogen) atoms. The van der Waals surface area contributed by atoms with E-state index in [0.717, 1.165) is 17.7 Å². The van der Waals surface area contributed by atoms with Crippen molar-refractivity contribution in [3.05, 3.63) is 73.8 Å². The lowest BCUT2D eigenvalue weighted by Gasteiger charge is -2.12. The van der Waals surface area contributed by atoms with Crippen LogP contribution in [0.25, 0.3) is 11.0 Å². The van der Waals surface area contributed by atoms with E-state index in [1.807, 2.05) is 12.1 Å². The number of hydrogen-bond acceptors (Lipinski definition) is 11. The first kappa shape index (κ1) is 24.0. The van der Waals surface area contributed by atoms with Crippen molar-refractivity contribution in [2.45, 2.75) is 13.5 Å². The molecule has 14 nitrogen and oxygen atoms in total. The van der Waals surface area contributed by atoms with Gasteiger partial charge < -0.3 is 14.8 Å². The molecule has 184 valence electrons. The van der Waals surface area contributed by atoms with E-state index in [0.29, 0.717) is 40.5 Å². The van der Waals surface area contributed by atoms with Crippen molar-refractivity contribution in [2.24, 2.45) is 10.2 Å². The zero-order valence-corrected chi connectivity index (χ0v) is 19.4. The second-order valence-electron chi connectivity index (χ2n) is 7.57. The zero-order valence-electron chi connectivity index (χ0n) is 19.4. The van der Waals surface area contributed by atoms with Gasteiger partial charge in [0.1, 0.15) is 33.9 Å².